The molecule has 0 saturated heterocycles. The molecule has 0 radical (unpaired) electrons. The lowest BCUT2D eigenvalue weighted by molar-refractivity contribution is 0.354. The van der Waals surface area contributed by atoms with Crippen molar-refractivity contribution in [2.45, 2.75) is 0 Å². The molecular formula is C52H44N4O8. The summed E-state index contributed by atoms with van der Waals surface area (Å²) in [5, 5.41) is 0. The molecule has 0 aliphatic carbocycles. The van der Waals surface area contributed by atoms with Gasteiger partial charge in [0.05, 0.1) is 103 Å². The molecular weight excluding hydrogens is 809 g/mol. The van der Waals surface area contributed by atoms with Crippen LogP contribution in [0.3, 0.4) is 0 Å². The number of hydrogen-bond donors (Lipinski definition) is 0. The maximum absolute atomic E-state index is 6.26. The van der Waals surface area contributed by atoms with Crippen LogP contribution in [0, 0.1) is 0 Å². The third-order valence-corrected chi connectivity index (χ3v) is 11.2. The second-order valence-electron chi connectivity index (χ2n) is 14.6. The van der Waals surface area contributed by atoms with Crippen molar-refractivity contribution < 1.29 is 37.9 Å². The van der Waals surface area contributed by atoms with E-state index in [4.69, 9.17) is 57.9 Å². The number of methoxy groups -OCH3 is 8. The molecule has 5 aliphatic rings. The van der Waals surface area contributed by atoms with Crippen molar-refractivity contribution in [1.82, 2.24) is 0 Å². The summed E-state index contributed by atoms with van der Waals surface area (Å²) in [7, 11) is 12.9. The van der Waals surface area contributed by atoms with E-state index in [-0.39, 0.29) is 0 Å². The molecule has 320 valence electrons. The largest absolute Gasteiger partial charge is 0.493 e. The van der Waals surface area contributed by atoms with E-state index in [1.807, 2.05) is 121 Å². The number of ether oxygens (including phenoxy) is 8. The molecule has 0 amide bonds. The van der Waals surface area contributed by atoms with E-state index < -0.39 is 0 Å². The zero-order chi connectivity index (χ0) is 44.5. The van der Waals surface area contributed by atoms with Crippen LogP contribution in [0.2, 0.25) is 0 Å². The lowest BCUT2D eigenvalue weighted by Gasteiger charge is -2.22. The van der Waals surface area contributed by atoms with Crippen LogP contribution >= 0.6 is 0 Å². The fourth-order valence-corrected chi connectivity index (χ4v) is 8.48. The Morgan fingerprint density at radius 2 is 0.766 bits per heavy atom. The highest BCUT2D eigenvalue weighted by molar-refractivity contribution is 6.51. The average molecular weight is 853 g/mol. The number of fused-ring (bicyclic) bond motifs is 4. The Bertz CT molecular complexity index is 3020. The predicted molar refractivity (Wildman–Crippen MR) is 252 cm³/mol. The van der Waals surface area contributed by atoms with Crippen molar-refractivity contribution >= 4 is 45.1 Å². The predicted octanol–water partition coefficient (Wildman–Crippen LogP) is 9.76. The van der Waals surface area contributed by atoms with Crippen LogP contribution in [0.25, 0.3) is 22.3 Å². The monoisotopic (exact) mass is 852 g/mol. The lowest BCUT2D eigenvalue weighted by Crippen LogP contribution is -2.10. The summed E-state index contributed by atoms with van der Waals surface area (Å²) >= 11 is 0. The summed E-state index contributed by atoms with van der Waals surface area (Å²) in [5.41, 5.74) is 10.6. The minimum absolute atomic E-state index is 0.462. The molecule has 4 aromatic carbocycles. The summed E-state index contributed by atoms with van der Waals surface area (Å²) in [4.78, 5) is 21.1. The summed E-state index contributed by atoms with van der Waals surface area (Å²) in [5.74, 6) is 4.07. The van der Waals surface area contributed by atoms with Gasteiger partial charge in [0.2, 0.25) is 0 Å². The van der Waals surface area contributed by atoms with Gasteiger partial charge >= 0.3 is 0 Å². The molecule has 12 heteroatoms. The minimum Gasteiger partial charge on any atom is -0.493 e. The topological polar surface area (TPSA) is 123 Å². The Labute approximate surface area is 371 Å². The first-order valence-electron chi connectivity index (χ1n) is 20.3. The molecule has 5 aliphatic heterocycles. The highest BCUT2D eigenvalue weighted by Crippen LogP contribution is 2.53. The van der Waals surface area contributed by atoms with Crippen molar-refractivity contribution in [1.29, 1.82) is 0 Å². The first kappa shape index (κ1) is 41.2. The fraction of sp³-hybridized carbons (Fsp3) is 0.154. The number of hydrogen-bond acceptors (Lipinski definition) is 12. The number of rotatable bonds is 12. The second-order valence-corrected chi connectivity index (χ2v) is 14.6. The van der Waals surface area contributed by atoms with E-state index in [2.05, 4.69) is 0 Å². The molecule has 0 unspecified atom stereocenters. The maximum atomic E-state index is 6.26. The van der Waals surface area contributed by atoms with Gasteiger partial charge in [0.25, 0.3) is 0 Å². The van der Waals surface area contributed by atoms with Gasteiger partial charge in [-0.15, -0.1) is 0 Å². The molecule has 0 N–H and O–H groups in total. The standard InChI is InChI=1S/C52H44N4O8/c1-57-40-17-9-13-34(49(40)61-5)38-27-33-26-31-22-21-29(53-31)25-30-23-24-32(54-30)28-39-44(35-14-10-18-41(58-2)50(35)62-6)45(36-15-11-19-42(59-3)51(36)63-7)48(56-39)46(47(38)55-33)37-16-12-20-43(60-4)52(37)64-8/h9-28H,1-8H3. The van der Waals surface area contributed by atoms with Gasteiger partial charge in [0, 0.05) is 44.5 Å². The second kappa shape index (κ2) is 17.3. The van der Waals surface area contributed by atoms with Crippen molar-refractivity contribution in [3.63, 3.8) is 0 Å². The van der Waals surface area contributed by atoms with E-state index in [0.29, 0.717) is 114 Å². The van der Waals surface area contributed by atoms with Gasteiger partial charge in [-0.2, -0.15) is 0 Å². The van der Waals surface area contributed by atoms with Crippen LogP contribution in [-0.2, 0) is 0 Å². The number of para-hydroxylation sites is 4. The highest BCUT2D eigenvalue weighted by Gasteiger charge is 2.38. The zero-order valence-electron chi connectivity index (χ0n) is 36.6. The van der Waals surface area contributed by atoms with E-state index >= 15 is 0 Å². The maximum Gasteiger partial charge on any atom is 0.168 e. The van der Waals surface area contributed by atoms with Crippen LogP contribution in [0.1, 0.15) is 22.3 Å². The fourth-order valence-electron chi connectivity index (χ4n) is 8.48. The van der Waals surface area contributed by atoms with Crippen LogP contribution in [-0.4, -0.2) is 79.7 Å². The molecule has 0 fully saturated rings. The summed E-state index contributed by atoms with van der Waals surface area (Å²) in [6.07, 6.45) is 15.7. The van der Waals surface area contributed by atoms with Gasteiger partial charge in [-0.05, 0) is 72.9 Å². The van der Waals surface area contributed by atoms with E-state index in [9.17, 15) is 0 Å². The van der Waals surface area contributed by atoms with Crippen molar-refractivity contribution in [2.75, 3.05) is 56.9 Å². The van der Waals surface area contributed by atoms with Crippen LogP contribution in [0.5, 0.6) is 46.0 Å². The number of benzene rings is 4. The molecule has 0 aromatic heterocycles. The lowest BCUT2D eigenvalue weighted by atomic mass is 9.84. The molecule has 64 heavy (non-hydrogen) atoms. The minimum atomic E-state index is 0.462. The van der Waals surface area contributed by atoms with Gasteiger partial charge < -0.3 is 37.9 Å². The third-order valence-electron chi connectivity index (χ3n) is 11.2. The number of nitrogens with zero attached hydrogens (tertiary/aromatic N) is 4. The molecule has 0 spiro atoms. The first-order chi connectivity index (χ1) is 31.4. The molecule has 12 nitrogen and oxygen atoms in total. The van der Waals surface area contributed by atoms with Crippen LogP contribution in [0.4, 0.5) is 0 Å². The van der Waals surface area contributed by atoms with Crippen molar-refractivity contribution in [2.24, 2.45) is 20.0 Å². The smallest absolute Gasteiger partial charge is 0.168 e. The Balaban J connectivity index is 1.53. The van der Waals surface area contributed by atoms with Crippen molar-refractivity contribution in [3.05, 3.63) is 166 Å². The normalized spacial score (nSPS) is 16.0. The Hall–Kier alpha value is -8.12. The van der Waals surface area contributed by atoms with Gasteiger partial charge in [0.15, 0.2) is 46.0 Å². The summed E-state index contributed by atoms with van der Waals surface area (Å²) in [6, 6.07) is 23.1. The number of aliphatic imine (C=N–C) groups is 4. The Morgan fingerprint density at radius 3 is 1.25 bits per heavy atom. The average Bonchev–Trinajstić information content (AvgIpc) is 4.15. The SMILES string of the molecule is COc1cccc(C2=CC3=CC4=NC(=CC5=NC(=CC6=NC(=C(c7cccc(OC)c7OC)C2=N3)C(c2cccc(OC)c2OC)=C6c2cccc(OC)c2OC)C=C5)C=C4)c1OC. The Morgan fingerprint density at radius 1 is 0.344 bits per heavy atom. The van der Waals surface area contributed by atoms with Gasteiger partial charge in [0.1, 0.15) is 0 Å². The van der Waals surface area contributed by atoms with Gasteiger partial charge in [-0.3, -0.25) is 0 Å². The van der Waals surface area contributed by atoms with E-state index in [0.717, 1.165) is 22.5 Å². The molecule has 8 bridgehead atoms. The Kier molecular flexibility index (Phi) is 11.2. The van der Waals surface area contributed by atoms with E-state index in [1.54, 1.807) is 56.9 Å². The molecule has 0 saturated carbocycles. The van der Waals surface area contributed by atoms with Crippen LogP contribution < -0.4 is 37.9 Å². The van der Waals surface area contributed by atoms with Crippen LogP contribution in [0.15, 0.2) is 164 Å². The molecule has 4 aromatic rings. The third kappa shape index (κ3) is 7.08. The zero-order valence-corrected chi connectivity index (χ0v) is 36.6. The quantitative estimate of drug-likeness (QED) is 0.138. The van der Waals surface area contributed by atoms with Crippen molar-refractivity contribution in [3.8, 4) is 46.0 Å². The first-order valence-corrected chi connectivity index (χ1v) is 20.3. The molecule has 9 rings (SSSR count). The number of allylic oxidation sites excluding steroid dienone is 12. The summed E-state index contributed by atoms with van der Waals surface area (Å²) in [6.45, 7) is 0. The molecule has 0 atom stereocenters. The molecule has 5 heterocycles. The van der Waals surface area contributed by atoms with Gasteiger partial charge in [-0.1, -0.05) is 48.5 Å². The summed E-state index contributed by atoms with van der Waals surface area (Å²) < 4.78 is 48.5. The highest BCUT2D eigenvalue weighted by atomic mass is 16.5. The van der Waals surface area contributed by atoms with E-state index in [1.165, 1.54) is 0 Å². The van der Waals surface area contributed by atoms with Gasteiger partial charge in [-0.25, -0.2) is 20.0 Å².